The summed E-state index contributed by atoms with van der Waals surface area (Å²) < 4.78 is 11.3. The molecule has 5 heteroatoms. The number of nitrogens with two attached hydrogens (primary N) is 1. The minimum absolute atomic E-state index is 0.00412. The standard InChI is InChI=1S/C17H21N3O2/c18-17(8-3-4-9-17)16-19-15(22-20-16)11-14-13-6-2-1-5-12(13)7-10-21-14/h1-2,5-6,14H,3-4,7-11,18H2. The predicted octanol–water partition coefficient (Wildman–Crippen LogP) is 2.65. The van der Waals surface area contributed by atoms with Gasteiger partial charge in [-0.3, -0.25) is 0 Å². The molecule has 4 rings (SSSR count). The summed E-state index contributed by atoms with van der Waals surface area (Å²) in [5.74, 6) is 1.28. The molecule has 1 aromatic heterocycles. The van der Waals surface area contributed by atoms with Crippen LogP contribution in [0.5, 0.6) is 0 Å². The average Bonchev–Trinajstić information content (AvgIpc) is 3.18. The van der Waals surface area contributed by atoms with Crippen LogP contribution in [-0.4, -0.2) is 16.7 Å². The third-order valence-electron chi connectivity index (χ3n) is 4.86. The molecule has 1 fully saturated rings. The number of ether oxygens (including phenoxy) is 1. The Bertz CT molecular complexity index is 661. The van der Waals surface area contributed by atoms with Gasteiger partial charge in [-0.1, -0.05) is 42.3 Å². The van der Waals surface area contributed by atoms with Crippen LogP contribution in [0.1, 0.15) is 54.6 Å². The van der Waals surface area contributed by atoms with Gasteiger partial charge >= 0.3 is 0 Å². The first-order chi connectivity index (χ1) is 10.7. The van der Waals surface area contributed by atoms with Gasteiger partial charge in [0.05, 0.1) is 24.7 Å². The van der Waals surface area contributed by atoms with Gasteiger partial charge < -0.3 is 15.0 Å². The zero-order valence-electron chi connectivity index (χ0n) is 12.6. The van der Waals surface area contributed by atoms with Gasteiger partial charge in [0, 0.05) is 0 Å². The van der Waals surface area contributed by atoms with E-state index in [4.69, 9.17) is 15.0 Å². The van der Waals surface area contributed by atoms with Crippen molar-refractivity contribution in [1.82, 2.24) is 10.1 Å². The van der Waals surface area contributed by atoms with Gasteiger partial charge in [-0.15, -0.1) is 0 Å². The molecule has 22 heavy (non-hydrogen) atoms. The molecule has 0 radical (unpaired) electrons. The minimum atomic E-state index is -0.396. The fraction of sp³-hybridized carbons (Fsp3) is 0.529. The van der Waals surface area contributed by atoms with E-state index in [2.05, 4.69) is 28.3 Å². The van der Waals surface area contributed by atoms with Crippen molar-refractivity contribution >= 4 is 0 Å². The zero-order chi connectivity index (χ0) is 15.0. The van der Waals surface area contributed by atoms with Gasteiger partial charge in [0.2, 0.25) is 5.89 Å². The Labute approximate surface area is 129 Å². The van der Waals surface area contributed by atoms with Crippen molar-refractivity contribution in [1.29, 1.82) is 0 Å². The molecule has 1 aromatic carbocycles. The Morgan fingerprint density at radius 1 is 1.23 bits per heavy atom. The number of fused-ring (bicyclic) bond motifs is 1. The van der Waals surface area contributed by atoms with Crippen molar-refractivity contribution in [2.45, 2.75) is 50.2 Å². The van der Waals surface area contributed by atoms with Crippen molar-refractivity contribution in [3.8, 4) is 0 Å². The van der Waals surface area contributed by atoms with Gasteiger partial charge in [-0.05, 0) is 30.4 Å². The Kier molecular flexibility index (Phi) is 3.47. The fourth-order valence-electron chi connectivity index (χ4n) is 3.57. The second-order valence-electron chi connectivity index (χ2n) is 6.39. The molecule has 1 aliphatic heterocycles. The van der Waals surface area contributed by atoms with Crippen molar-refractivity contribution in [2.75, 3.05) is 6.61 Å². The van der Waals surface area contributed by atoms with Crippen LogP contribution < -0.4 is 5.73 Å². The third kappa shape index (κ3) is 2.44. The van der Waals surface area contributed by atoms with Crippen molar-refractivity contribution < 1.29 is 9.26 Å². The van der Waals surface area contributed by atoms with Gasteiger partial charge in [0.15, 0.2) is 5.82 Å². The van der Waals surface area contributed by atoms with Crippen LogP contribution in [0.2, 0.25) is 0 Å². The number of nitrogens with zero attached hydrogens (tertiary/aromatic N) is 2. The quantitative estimate of drug-likeness (QED) is 0.943. The van der Waals surface area contributed by atoms with Crippen molar-refractivity contribution in [3.63, 3.8) is 0 Å². The fourth-order valence-corrected chi connectivity index (χ4v) is 3.57. The lowest BCUT2D eigenvalue weighted by Crippen LogP contribution is -2.34. The molecule has 1 aliphatic carbocycles. The largest absolute Gasteiger partial charge is 0.373 e. The van der Waals surface area contributed by atoms with E-state index in [1.54, 1.807) is 0 Å². The topological polar surface area (TPSA) is 74.2 Å². The molecule has 1 atom stereocenters. The van der Waals surface area contributed by atoms with Crippen LogP contribution in [0, 0.1) is 0 Å². The van der Waals surface area contributed by atoms with E-state index in [1.807, 2.05) is 6.07 Å². The Morgan fingerprint density at radius 2 is 2.05 bits per heavy atom. The van der Waals surface area contributed by atoms with Gasteiger partial charge in [0.1, 0.15) is 0 Å². The minimum Gasteiger partial charge on any atom is -0.373 e. The second-order valence-corrected chi connectivity index (χ2v) is 6.39. The van der Waals surface area contributed by atoms with E-state index < -0.39 is 5.54 Å². The van der Waals surface area contributed by atoms with E-state index in [9.17, 15) is 0 Å². The van der Waals surface area contributed by atoms with E-state index in [0.29, 0.717) is 18.1 Å². The Balaban J connectivity index is 1.54. The molecule has 0 bridgehead atoms. The molecule has 0 spiro atoms. The summed E-state index contributed by atoms with van der Waals surface area (Å²) in [5, 5.41) is 4.12. The monoisotopic (exact) mass is 299 g/mol. The molecule has 1 unspecified atom stereocenters. The summed E-state index contributed by atoms with van der Waals surface area (Å²) in [6.45, 7) is 0.740. The maximum Gasteiger partial charge on any atom is 0.229 e. The van der Waals surface area contributed by atoms with Crippen LogP contribution in [0.4, 0.5) is 0 Å². The number of hydrogen-bond donors (Lipinski definition) is 1. The highest BCUT2D eigenvalue weighted by atomic mass is 16.5. The number of hydrogen-bond acceptors (Lipinski definition) is 5. The summed E-state index contributed by atoms with van der Waals surface area (Å²) in [4.78, 5) is 4.55. The first kappa shape index (κ1) is 13.9. The summed E-state index contributed by atoms with van der Waals surface area (Å²) >= 11 is 0. The van der Waals surface area contributed by atoms with Crippen molar-refractivity contribution in [2.24, 2.45) is 5.73 Å². The number of aromatic nitrogens is 2. The first-order valence-electron chi connectivity index (χ1n) is 8.06. The Hall–Kier alpha value is -1.72. The summed E-state index contributed by atoms with van der Waals surface area (Å²) in [7, 11) is 0. The summed E-state index contributed by atoms with van der Waals surface area (Å²) in [5.41, 5.74) is 8.58. The van der Waals surface area contributed by atoms with Crippen molar-refractivity contribution in [3.05, 3.63) is 47.1 Å². The molecule has 2 aromatic rings. The molecule has 2 N–H and O–H groups in total. The van der Waals surface area contributed by atoms with Crippen LogP contribution in [-0.2, 0) is 23.1 Å². The molecule has 116 valence electrons. The summed E-state index contributed by atoms with van der Waals surface area (Å²) in [6, 6.07) is 8.41. The normalized spacial score (nSPS) is 23.4. The first-order valence-corrected chi connectivity index (χ1v) is 8.06. The highest BCUT2D eigenvalue weighted by Crippen LogP contribution is 2.35. The summed E-state index contributed by atoms with van der Waals surface area (Å²) in [6.07, 6.45) is 5.73. The van der Waals surface area contributed by atoms with Gasteiger partial charge in [-0.25, -0.2) is 0 Å². The van der Waals surface area contributed by atoms with Crippen LogP contribution >= 0.6 is 0 Å². The SMILES string of the molecule is NC1(c2noc(CC3OCCc4ccccc43)n2)CCCC1. The zero-order valence-corrected chi connectivity index (χ0v) is 12.6. The maximum atomic E-state index is 6.39. The molecule has 2 aliphatic rings. The molecule has 0 amide bonds. The molecule has 2 heterocycles. The lowest BCUT2D eigenvalue weighted by molar-refractivity contribution is 0.0375. The highest BCUT2D eigenvalue weighted by molar-refractivity contribution is 5.31. The lowest BCUT2D eigenvalue weighted by Gasteiger charge is -2.24. The van der Waals surface area contributed by atoms with Crippen LogP contribution in [0.3, 0.4) is 0 Å². The highest BCUT2D eigenvalue weighted by Gasteiger charge is 2.36. The third-order valence-corrected chi connectivity index (χ3v) is 4.86. The molecular weight excluding hydrogens is 278 g/mol. The molecule has 1 saturated carbocycles. The van der Waals surface area contributed by atoms with E-state index in [0.717, 1.165) is 38.7 Å². The number of rotatable bonds is 3. The maximum absolute atomic E-state index is 6.39. The molecular formula is C17H21N3O2. The smallest absolute Gasteiger partial charge is 0.229 e. The van der Waals surface area contributed by atoms with E-state index in [-0.39, 0.29) is 6.10 Å². The number of benzene rings is 1. The molecule has 5 nitrogen and oxygen atoms in total. The van der Waals surface area contributed by atoms with Crippen LogP contribution in [0.25, 0.3) is 0 Å². The predicted molar refractivity (Wildman–Crippen MR) is 81.2 cm³/mol. The van der Waals surface area contributed by atoms with Gasteiger partial charge in [0.25, 0.3) is 0 Å². The molecule has 0 saturated heterocycles. The average molecular weight is 299 g/mol. The van der Waals surface area contributed by atoms with E-state index >= 15 is 0 Å². The van der Waals surface area contributed by atoms with Crippen LogP contribution in [0.15, 0.2) is 28.8 Å². The van der Waals surface area contributed by atoms with E-state index in [1.165, 1.54) is 11.1 Å². The lowest BCUT2D eigenvalue weighted by atomic mass is 9.96. The second kappa shape index (κ2) is 5.48. The van der Waals surface area contributed by atoms with Gasteiger partial charge in [-0.2, -0.15) is 4.98 Å². The Morgan fingerprint density at radius 3 is 2.91 bits per heavy atom.